The molecule has 1 fully saturated rings. The summed E-state index contributed by atoms with van der Waals surface area (Å²) in [4.78, 5) is 34.6. The van der Waals surface area contributed by atoms with Crippen LogP contribution in [0, 0.1) is 0 Å². The van der Waals surface area contributed by atoms with Gasteiger partial charge in [0.15, 0.2) is 23.3 Å². The molecule has 1 unspecified atom stereocenters. The maximum absolute atomic E-state index is 12.1. The Balaban J connectivity index is 1.49. The van der Waals surface area contributed by atoms with Crippen molar-refractivity contribution in [3.05, 3.63) is 59.7 Å². The van der Waals surface area contributed by atoms with Gasteiger partial charge in [-0.1, -0.05) is 42.1 Å². The highest BCUT2D eigenvalue weighted by atomic mass is 32.2. The van der Waals surface area contributed by atoms with E-state index in [0.717, 1.165) is 23.7 Å². The molecule has 1 atom stereocenters. The van der Waals surface area contributed by atoms with E-state index in [1.54, 1.807) is 18.2 Å². The summed E-state index contributed by atoms with van der Waals surface area (Å²) in [6, 6.07) is 14.9. The van der Waals surface area contributed by atoms with Crippen molar-refractivity contribution < 1.29 is 29.0 Å². The molecule has 34 heavy (non-hydrogen) atoms. The number of carboxylic acid groups (broad SMARTS) is 1. The molecule has 1 saturated heterocycles. The fourth-order valence-electron chi connectivity index (χ4n) is 2.96. The number of benzene rings is 2. The van der Waals surface area contributed by atoms with Gasteiger partial charge in [0.1, 0.15) is 5.25 Å². The zero-order valence-corrected chi connectivity index (χ0v) is 19.2. The average molecular weight is 485 g/mol. The smallest absolute Gasteiger partial charge is 0.305 e. The van der Waals surface area contributed by atoms with E-state index in [0.29, 0.717) is 23.6 Å². The summed E-state index contributed by atoms with van der Waals surface area (Å²) in [5, 5.41) is 21.5. The number of carbonyl (C=O) groups is 3. The Bertz CT molecular complexity index is 1090. The van der Waals surface area contributed by atoms with Crippen LogP contribution in [-0.2, 0) is 20.8 Å². The molecule has 2 aromatic carbocycles. The number of rotatable bonds is 11. The third-order valence-electron chi connectivity index (χ3n) is 4.62. The van der Waals surface area contributed by atoms with Crippen LogP contribution in [0.3, 0.4) is 0 Å². The number of carboxylic acids is 1. The normalized spacial score (nSPS) is 16.4. The maximum Gasteiger partial charge on any atom is 0.305 e. The minimum Gasteiger partial charge on any atom is -0.493 e. The van der Waals surface area contributed by atoms with Crippen molar-refractivity contribution >= 4 is 40.9 Å². The summed E-state index contributed by atoms with van der Waals surface area (Å²) < 4.78 is 10.9. The lowest BCUT2D eigenvalue weighted by Crippen LogP contribution is -2.30. The van der Waals surface area contributed by atoms with E-state index in [2.05, 4.69) is 20.8 Å². The molecule has 3 N–H and O–H groups in total. The summed E-state index contributed by atoms with van der Waals surface area (Å²) in [6.07, 6.45) is 1.90. The third kappa shape index (κ3) is 7.62. The number of methoxy groups -OCH3 is 1. The van der Waals surface area contributed by atoms with Crippen LogP contribution < -0.4 is 20.1 Å². The van der Waals surface area contributed by atoms with Gasteiger partial charge in [-0.2, -0.15) is 5.10 Å². The molecular weight excluding hydrogens is 460 g/mol. The van der Waals surface area contributed by atoms with E-state index >= 15 is 0 Å². The van der Waals surface area contributed by atoms with E-state index < -0.39 is 17.1 Å². The lowest BCUT2D eigenvalue weighted by molar-refractivity contribution is -0.138. The van der Waals surface area contributed by atoms with Gasteiger partial charge < -0.3 is 25.2 Å². The quantitative estimate of drug-likeness (QED) is 0.327. The molecule has 2 amide bonds. The lowest BCUT2D eigenvalue weighted by Gasteiger charge is -2.11. The fourth-order valence-corrected chi connectivity index (χ4v) is 3.88. The second-order valence-corrected chi connectivity index (χ2v) is 8.32. The molecule has 11 heteroatoms. The molecule has 0 spiro atoms. The lowest BCUT2D eigenvalue weighted by atomic mass is 10.1. The first-order valence-corrected chi connectivity index (χ1v) is 11.2. The number of thioether (sulfide) groups is 1. The number of nitrogens with zero attached hydrogens (tertiary/aromatic N) is 2. The predicted molar refractivity (Wildman–Crippen MR) is 128 cm³/mol. The molecule has 3 rings (SSSR count). The first kappa shape index (κ1) is 24.8. The largest absolute Gasteiger partial charge is 0.493 e. The van der Waals surface area contributed by atoms with Crippen molar-refractivity contribution in [1.29, 1.82) is 0 Å². The summed E-state index contributed by atoms with van der Waals surface area (Å²) in [7, 11) is 1.48. The zero-order chi connectivity index (χ0) is 24.3. The van der Waals surface area contributed by atoms with E-state index in [1.807, 2.05) is 30.3 Å². The van der Waals surface area contributed by atoms with Crippen LogP contribution in [0.15, 0.2) is 58.7 Å². The highest BCUT2D eigenvalue weighted by molar-refractivity contribution is 8.15. The van der Waals surface area contributed by atoms with Crippen LogP contribution in [0.4, 0.5) is 0 Å². The van der Waals surface area contributed by atoms with Gasteiger partial charge >= 0.3 is 5.97 Å². The minimum absolute atomic E-state index is 0.152. The number of carbonyl (C=O) groups excluding carboxylic acids is 2. The molecule has 2 aromatic rings. The monoisotopic (exact) mass is 484 g/mol. The number of hydrogen-bond acceptors (Lipinski definition) is 8. The number of ether oxygens (including phenoxy) is 2. The molecule has 0 aromatic heterocycles. The second-order valence-electron chi connectivity index (χ2n) is 7.13. The van der Waals surface area contributed by atoms with Gasteiger partial charge in [0.05, 0.1) is 19.7 Å². The first-order chi connectivity index (χ1) is 16.4. The molecule has 0 radical (unpaired) electrons. The Hall–Kier alpha value is -3.86. The van der Waals surface area contributed by atoms with Gasteiger partial charge in [0.2, 0.25) is 5.91 Å². The van der Waals surface area contributed by atoms with Crippen LogP contribution in [0.5, 0.6) is 11.5 Å². The van der Waals surface area contributed by atoms with Crippen molar-refractivity contribution in [2.24, 2.45) is 10.2 Å². The van der Waals surface area contributed by atoms with E-state index in [9.17, 15) is 14.4 Å². The SMILES string of the molecule is COc1cc(C=NN=C2NC(=O)C(CC(=O)O)S2)ccc1OCC(=O)NCCc1ccccc1. The molecule has 0 bridgehead atoms. The number of amides is 2. The summed E-state index contributed by atoms with van der Waals surface area (Å²) in [5.41, 5.74) is 1.79. The Labute approximate surface area is 200 Å². The highest BCUT2D eigenvalue weighted by Crippen LogP contribution is 2.27. The van der Waals surface area contributed by atoms with E-state index in [-0.39, 0.29) is 24.1 Å². The molecule has 1 aliphatic heterocycles. The molecule has 178 valence electrons. The standard InChI is InChI=1S/C23H24N4O6S/c1-32-18-11-16(13-25-27-23-26-22(31)19(34-23)12-21(29)30)7-8-17(18)33-14-20(28)24-10-9-15-5-3-2-4-6-15/h2-8,11,13,19H,9-10,12,14H2,1H3,(H,24,28)(H,29,30)(H,26,27,31). The van der Waals surface area contributed by atoms with E-state index in [4.69, 9.17) is 14.6 Å². The minimum atomic E-state index is -1.06. The zero-order valence-electron chi connectivity index (χ0n) is 18.4. The summed E-state index contributed by atoms with van der Waals surface area (Å²) in [5.74, 6) is -0.889. The Morgan fingerprint density at radius 3 is 2.74 bits per heavy atom. The van der Waals surface area contributed by atoms with Crippen molar-refractivity contribution in [3.63, 3.8) is 0 Å². The third-order valence-corrected chi connectivity index (χ3v) is 5.69. The number of aliphatic carboxylic acids is 1. The van der Waals surface area contributed by atoms with Gasteiger partial charge in [-0.25, -0.2) is 0 Å². The predicted octanol–water partition coefficient (Wildman–Crippen LogP) is 1.83. The van der Waals surface area contributed by atoms with Crippen LogP contribution in [0.2, 0.25) is 0 Å². The topological polar surface area (TPSA) is 139 Å². The molecule has 1 aliphatic rings. The first-order valence-electron chi connectivity index (χ1n) is 10.4. The highest BCUT2D eigenvalue weighted by Gasteiger charge is 2.32. The molecule has 1 heterocycles. The molecule has 0 aliphatic carbocycles. The van der Waals surface area contributed by atoms with Crippen LogP contribution in [0.25, 0.3) is 0 Å². The van der Waals surface area contributed by atoms with Gasteiger partial charge in [-0.05, 0) is 35.7 Å². The number of nitrogens with one attached hydrogen (secondary N) is 2. The van der Waals surface area contributed by atoms with Crippen molar-refractivity contribution in [1.82, 2.24) is 10.6 Å². The molecule has 0 saturated carbocycles. The Morgan fingerprint density at radius 1 is 1.21 bits per heavy atom. The summed E-state index contributed by atoms with van der Waals surface area (Å²) >= 11 is 1.02. The van der Waals surface area contributed by atoms with Crippen molar-refractivity contribution in [3.8, 4) is 11.5 Å². The van der Waals surface area contributed by atoms with Crippen LogP contribution in [0.1, 0.15) is 17.5 Å². The van der Waals surface area contributed by atoms with Crippen LogP contribution >= 0.6 is 11.8 Å². The van der Waals surface area contributed by atoms with Crippen LogP contribution in [-0.4, -0.2) is 59.8 Å². The van der Waals surface area contributed by atoms with Crippen molar-refractivity contribution in [2.75, 3.05) is 20.3 Å². The van der Waals surface area contributed by atoms with Gasteiger partial charge in [-0.15, -0.1) is 5.10 Å². The van der Waals surface area contributed by atoms with E-state index in [1.165, 1.54) is 13.3 Å². The maximum atomic E-state index is 12.1. The van der Waals surface area contributed by atoms with Gasteiger partial charge in [-0.3, -0.25) is 14.4 Å². The Morgan fingerprint density at radius 2 is 2.00 bits per heavy atom. The van der Waals surface area contributed by atoms with Gasteiger partial charge in [0, 0.05) is 6.54 Å². The number of amidine groups is 1. The Kier molecular flexibility index (Phi) is 9.04. The fraction of sp³-hybridized carbons (Fsp3) is 0.261. The summed E-state index contributed by atoms with van der Waals surface area (Å²) in [6.45, 7) is 0.359. The van der Waals surface area contributed by atoms with Crippen molar-refractivity contribution in [2.45, 2.75) is 18.1 Å². The second kappa shape index (κ2) is 12.4. The molecular formula is C23H24N4O6S. The number of hydrogen-bond donors (Lipinski definition) is 3. The average Bonchev–Trinajstić information content (AvgIpc) is 3.16. The van der Waals surface area contributed by atoms with Gasteiger partial charge in [0.25, 0.3) is 5.91 Å². The molecule has 10 nitrogen and oxygen atoms in total.